The normalized spacial score (nSPS) is 22.0. The minimum atomic E-state index is -0.325. The van der Waals surface area contributed by atoms with E-state index < -0.39 is 0 Å². The fourth-order valence-electron chi connectivity index (χ4n) is 1.68. The van der Waals surface area contributed by atoms with Crippen molar-refractivity contribution < 1.29 is 9.59 Å². The van der Waals surface area contributed by atoms with E-state index in [1.54, 1.807) is 4.90 Å². The molecular formula is C9H17N3O2. The monoisotopic (exact) mass is 199 g/mol. The van der Waals surface area contributed by atoms with Gasteiger partial charge in [-0.25, -0.2) is 4.79 Å². The summed E-state index contributed by atoms with van der Waals surface area (Å²) in [5, 5.41) is 2.31. The molecule has 0 saturated carbocycles. The van der Waals surface area contributed by atoms with E-state index in [1.807, 2.05) is 13.8 Å². The molecule has 5 heteroatoms. The molecule has 0 aromatic carbocycles. The topological polar surface area (TPSA) is 75.4 Å². The highest BCUT2D eigenvalue weighted by Gasteiger charge is 2.39. The Hall–Kier alpha value is -1.10. The Labute approximate surface area is 83.6 Å². The highest BCUT2D eigenvalue weighted by atomic mass is 16.2. The molecule has 1 unspecified atom stereocenters. The first-order chi connectivity index (χ1) is 6.57. The van der Waals surface area contributed by atoms with Gasteiger partial charge in [-0.15, -0.1) is 0 Å². The molecule has 0 aromatic heterocycles. The van der Waals surface area contributed by atoms with Crippen LogP contribution in [0, 0.1) is 5.92 Å². The molecule has 1 saturated heterocycles. The molecule has 1 rings (SSSR count). The Morgan fingerprint density at radius 1 is 1.50 bits per heavy atom. The second-order valence-electron chi connectivity index (χ2n) is 3.82. The Kier molecular flexibility index (Phi) is 3.46. The maximum Gasteiger partial charge on any atom is 0.324 e. The number of hydrogen-bond acceptors (Lipinski definition) is 3. The van der Waals surface area contributed by atoms with Crippen LogP contribution in [0.2, 0.25) is 0 Å². The Bertz CT molecular complexity index is 240. The summed E-state index contributed by atoms with van der Waals surface area (Å²) in [6, 6.07) is -0.615. The Morgan fingerprint density at radius 3 is 2.64 bits per heavy atom. The van der Waals surface area contributed by atoms with Crippen LogP contribution in [0.4, 0.5) is 4.79 Å². The molecule has 1 fully saturated rings. The fourth-order valence-corrected chi connectivity index (χ4v) is 1.68. The maximum atomic E-state index is 11.4. The van der Waals surface area contributed by atoms with Crippen LogP contribution in [0.25, 0.3) is 0 Å². The molecule has 80 valence electrons. The van der Waals surface area contributed by atoms with Crippen LogP contribution in [-0.4, -0.2) is 36.0 Å². The Balaban J connectivity index is 2.68. The van der Waals surface area contributed by atoms with E-state index in [2.05, 4.69) is 5.32 Å². The molecule has 3 amide bonds. The van der Waals surface area contributed by atoms with Gasteiger partial charge in [0.25, 0.3) is 5.91 Å². The van der Waals surface area contributed by atoms with Crippen molar-refractivity contribution in [3.8, 4) is 0 Å². The van der Waals surface area contributed by atoms with Gasteiger partial charge in [0.05, 0.1) is 0 Å². The zero-order valence-corrected chi connectivity index (χ0v) is 8.62. The molecule has 14 heavy (non-hydrogen) atoms. The summed E-state index contributed by atoms with van der Waals surface area (Å²) in [6.45, 7) is 4.94. The minimum Gasteiger partial charge on any atom is -0.330 e. The molecule has 1 atom stereocenters. The number of rotatable bonds is 4. The first-order valence-corrected chi connectivity index (χ1v) is 4.89. The van der Waals surface area contributed by atoms with E-state index in [-0.39, 0.29) is 23.9 Å². The molecule has 0 bridgehead atoms. The largest absolute Gasteiger partial charge is 0.330 e. The molecule has 0 aromatic rings. The van der Waals surface area contributed by atoms with Crippen LogP contribution in [-0.2, 0) is 4.79 Å². The molecule has 1 aliphatic rings. The number of amides is 3. The molecule has 1 heterocycles. The summed E-state index contributed by atoms with van der Waals surface area (Å²) in [4.78, 5) is 24.3. The summed E-state index contributed by atoms with van der Waals surface area (Å²) in [7, 11) is 0. The number of carbonyl (C=O) groups is 2. The SMILES string of the molecule is CC(C)C1C(=O)NC(=O)N1CCCN. The quantitative estimate of drug-likeness (QED) is 0.621. The average molecular weight is 199 g/mol. The van der Waals surface area contributed by atoms with Crippen LogP contribution in [0.3, 0.4) is 0 Å². The lowest BCUT2D eigenvalue weighted by Gasteiger charge is -2.24. The molecule has 5 nitrogen and oxygen atoms in total. The van der Waals surface area contributed by atoms with Gasteiger partial charge in [-0.05, 0) is 18.9 Å². The third-order valence-corrected chi connectivity index (χ3v) is 2.33. The van der Waals surface area contributed by atoms with Gasteiger partial charge in [-0.3, -0.25) is 10.1 Å². The molecular weight excluding hydrogens is 182 g/mol. The van der Waals surface area contributed by atoms with Gasteiger partial charge in [0, 0.05) is 6.54 Å². The number of nitrogens with two attached hydrogens (primary N) is 1. The zero-order chi connectivity index (χ0) is 10.7. The predicted molar refractivity (Wildman–Crippen MR) is 52.5 cm³/mol. The van der Waals surface area contributed by atoms with Crippen molar-refractivity contribution in [1.29, 1.82) is 0 Å². The van der Waals surface area contributed by atoms with E-state index in [4.69, 9.17) is 5.73 Å². The van der Waals surface area contributed by atoms with Crippen molar-refractivity contribution in [1.82, 2.24) is 10.2 Å². The van der Waals surface area contributed by atoms with E-state index in [0.717, 1.165) is 6.42 Å². The van der Waals surface area contributed by atoms with Gasteiger partial charge in [-0.2, -0.15) is 0 Å². The third-order valence-electron chi connectivity index (χ3n) is 2.33. The zero-order valence-electron chi connectivity index (χ0n) is 8.62. The van der Waals surface area contributed by atoms with Crippen molar-refractivity contribution in [2.45, 2.75) is 26.3 Å². The van der Waals surface area contributed by atoms with E-state index in [1.165, 1.54) is 0 Å². The van der Waals surface area contributed by atoms with E-state index in [9.17, 15) is 9.59 Å². The van der Waals surface area contributed by atoms with Crippen molar-refractivity contribution in [2.24, 2.45) is 11.7 Å². The summed E-state index contributed by atoms with van der Waals surface area (Å²) < 4.78 is 0. The number of hydrogen-bond donors (Lipinski definition) is 2. The van der Waals surface area contributed by atoms with Gasteiger partial charge < -0.3 is 10.6 Å². The van der Waals surface area contributed by atoms with Crippen LogP contribution in [0.1, 0.15) is 20.3 Å². The van der Waals surface area contributed by atoms with E-state index >= 15 is 0 Å². The predicted octanol–water partition coefficient (Wildman–Crippen LogP) is -0.0884. The first-order valence-electron chi connectivity index (χ1n) is 4.89. The maximum absolute atomic E-state index is 11.4. The van der Waals surface area contributed by atoms with Crippen LogP contribution < -0.4 is 11.1 Å². The second kappa shape index (κ2) is 4.41. The molecule has 0 radical (unpaired) electrons. The lowest BCUT2D eigenvalue weighted by molar-refractivity contribution is -0.122. The van der Waals surface area contributed by atoms with Crippen molar-refractivity contribution in [3.05, 3.63) is 0 Å². The molecule has 0 spiro atoms. The Morgan fingerprint density at radius 2 is 2.14 bits per heavy atom. The van der Waals surface area contributed by atoms with Gasteiger partial charge in [-0.1, -0.05) is 13.8 Å². The summed E-state index contributed by atoms with van der Waals surface area (Å²) in [5.41, 5.74) is 5.36. The van der Waals surface area contributed by atoms with Gasteiger partial charge in [0.1, 0.15) is 6.04 Å². The number of nitrogens with one attached hydrogen (secondary N) is 1. The highest BCUT2D eigenvalue weighted by molar-refractivity contribution is 6.04. The average Bonchev–Trinajstić information content (AvgIpc) is 2.37. The molecule has 1 aliphatic heterocycles. The second-order valence-corrected chi connectivity index (χ2v) is 3.82. The van der Waals surface area contributed by atoms with Crippen LogP contribution >= 0.6 is 0 Å². The smallest absolute Gasteiger partial charge is 0.324 e. The fraction of sp³-hybridized carbons (Fsp3) is 0.778. The molecule has 0 aliphatic carbocycles. The highest BCUT2D eigenvalue weighted by Crippen LogP contribution is 2.16. The number of imide groups is 1. The summed E-state index contributed by atoms with van der Waals surface area (Å²) in [5.74, 6) is -0.0544. The number of nitrogens with zero attached hydrogens (tertiary/aromatic N) is 1. The number of carbonyl (C=O) groups excluding carboxylic acids is 2. The van der Waals surface area contributed by atoms with Gasteiger partial charge in [0.15, 0.2) is 0 Å². The van der Waals surface area contributed by atoms with E-state index in [0.29, 0.717) is 13.1 Å². The lowest BCUT2D eigenvalue weighted by Crippen LogP contribution is -2.40. The number of urea groups is 1. The summed E-state index contributed by atoms with van der Waals surface area (Å²) in [6.07, 6.45) is 0.726. The van der Waals surface area contributed by atoms with Crippen molar-refractivity contribution >= 4 is 11.9 Å². The first kappa shape index (κ1) is 11.0. The van der Waals surface area contributed by atoms with Crippen LogP contribution in [0.5, 0.6) is 0 Å². The third kappa shape index (κ3) is 2.04. The van der Waals surface area contributed by atoms with Crippen LogP contribution in [0.15, 0.2) is 0 Å². The lowest BCUT2D eigenvalue weighted by atomic mass is 10.0. The van der Waals surface area contributed by atoms with Crippen molar-refractivity contribution in [2.75, 3.05) is 13.1 Å². The van der Waals surface area contributed by atoms with Crippen molar-refractivity contribution in [3.63, 3.8) is 0 Å². The molecule has 3 N–H and O–H groups in total. The van der Waals surface area contributed by atoms with Gasteiger partial charge in [0.2, 0.25) is 0 Å². The standard InChI is InChI=1S/C9H17N3O2/c1-6(2)7-8(13)11-9(14)12(7)5-3-4-10/h6-7H,3-5,10H2,1-2H3,(H,11,13,14). The minimum absolute atomic E-state index is 0.138. The van der Waals surface area contributed by atoms with Gasteiger partial charge >= 0.3 is 6.03 Å². The summed E-state index contributed by atoms with van der Waals surface area (Å²) >= 11 is 0.